The molecule has 1 saturated heterocycles. The third-order valence-corrected chi connectivity index (χ3v) is 3.56. The molecule has 0 saturated carbocycles. The Bertz CT molecular complexity index is 447. The molecule has 1 aromatic rings. The number of piperidine rings is 1. The van der Waals surface area contributed by atoms with Crippen molar-refractivity contribution in [2.75, 3.05) is 13.1 Å². The zero-order valence-electron chi connectivity index (χ0n) is 10.8. The minimum absolute atomic E-state index is 0.126. The van der Waals surface area contributed by atoms with Gasteiger partial charge in [0.25, 0.3) is 5.91 Å². The van der Waals surface area contributed by atoms with Crippen LogP contribution in [0.1, 0.15) is 29.3 Å². The third kappa shape index (κ3) is 2.88. The van der Waals surface area contributed by atoms with E-state index in [0.717, 1.165) is 19.5 Å². The number of carbonyl (C=O) groups excluding carboxylic acids is 1. The maximum atomic E-state index is 13.1. The molecule has 2 rings (SSSR count). The maximum absolute atomic E-state index is 13.1. The molecule has 1 aliphatic rings. The first-order valence-electron chi connectivity index (χ1n) is 6.35. The van der Waals surface area contributed by atoms with Crippen LogP contribution in [0.4, 0.5) is 4.39 Å². The van der Waals surface area contributed by atoms with Crippen molar-refractivity contribution in [2.45, 2.75) is 26.3 Å². The molecule has 1 amide bonds. The van der Waals surface area contributed by atoms with E-state index in [1.165, 1.54) is 12.1 Å². The summed E-state index contributed by atoms with van der Waals surface area (Å²) in [5, 5.41) is 6.28. The van der Waals surface area contributed by atoms with E-state index in [1.54, 1.807) is 13.0 Å². The molecule has 2 N–H and O–H groups in total. The van der Waals surface area contributed by atoms with Gasteiger partial charge in [-0.2, -0.15) is 0 Å². The quantitative estimate of drug-likeness (QED) is 0.841. The maximum Gasteiger partial charge on any atom is 0.251 e. The van der Waals surface area contributed by atoms with Crippen LogP contribution in [-0.2, 0) is 0 Å². The summed E-state index contributed by atoms with van der Waals surface area (Å²) in [6.45, 7) is 5.61. The Morgan fingerprint density at radius 2 is 2.28 bits per heavy atom. The van der Waals surface area contributed by atoms with Gasteiger partial charge in [0.05, 0.1) is 0 Å². The van der Waals surface area contributed by atoms with Gasteiger partial charge in [-0.15, -0.1) is 0 Å². The van der Waals surface area contributed by atoms with Crippen molar-refractivity contribution in [3.05, 3.63) is 35.1 Å². The smallest absolute Gasteiger partial charge is 0.251 e. The molecular formula is C14H19FN2O. The van der Waals surface area contributed by atoms with E-state index in [1.807, 2.05) is 0 Å². The number of benzene rings is 1. The van der Waals surface area contributed by atoms with Crippen LogP contribution < -0.4 is 10.6 Å². The third-order valence-electron chi connectivity index (χ3n) is 3.56. The second kappa shape index (κ2) is 5.48. The molecule has 0 radical (unpaired) electrons. The summed E-state index contributed by atoms with van der Waals surface area (Å²) in [6.07, 6.45) is 1.06. The lowest BCUT2D eigenvalue weighted by molar-refractivity contribution is 0.0915. The van der Waals surface area contributed by atoms with Crippen molar-refractivity contribution in [1.82, 2.24) is 10.6 Å². The number of hydrogen-bond donors (Lipinski definition) is 2. The molecule has 2 unspecified atom stereocenters. The van der Waals surface area contributed by atoms with Gasteiger partial charge >= 0.3 is 0 Å². The lowest BCUT2D eigenvalue weighted by atomic mass is 9.94. The average molecular weight is 250 g/mol. The Morgan fingerprint density at radius 3 is 2.94 bits per heavy atom. The van der Waals surface area contributed by atoms with Gasteiger partial charge in [-0.1, -0.05) is 6.92 Å². The lowest BCUT2D eigenvalue weighted by Crippen LogP contribution is -2.50. The molecular weight excluding hydrogens is 231 g/mol. The fourth-order valence-electron chi connectivity index (χ4n) is 2.22. The highest BCUT2D eigenvalue weighted by atomic mass is 19.1. The summed E-state index contributed by atoms with van der Waals surface area (Å²) in [6, 6.07) is 4.60. The average Bonchev–Trinajstić information content (AvgIpc) is 2.35. The molecule has 1 aliphatic heterocycles. The summed E-state index contributed by atoms with van der Waals surface area (Å²) >= 11 is 0. The largest absolute Gasteiger partial charge is 0.348 e. The Kier molecular flexibility index (Phi) is 3.97. The Labute approximate surface area is 107 Å². The van der Waals surface area contributed by atoms with E-state index in [-0.39, 0.29) is 17.8 Å². The second-order valence-corrected chi connectivity index (χ2v) is 5.01. The molecule has 98 valence electrons. The first kappa shape index (κ1) is 13.0. The van der Waals surface area contributed by atoms with Crippen LogP contribution >= 0.6 is 0 Å². The SMILES string of the molecule is Cc1cc(C(=O)NC2CNCCC2C)ccc1F. The summed E-state index contributed by atoms with van der Waals surface area (Å²) < 4.78 is 13.1. The van der Waals surface area contributed by atoms with Crippen molar-refractivity contribution in [1.29, 1.82) is 0 Å². The minimum atomic E-state index is -0.278. The van der Waals surface area contributed by atoms with Crippen LogP contribution in [0.2, 0.25) is 0 Å². The van der Waals surface area contributed by atoms with Crippen LogP contribution in [0.3, 0.4) is 0 Å². The predicted molar refractivity (Wildman–Crippen MR) is 69.0 cm³/mol. The van der Waals surface area contributed by atoms with Crippen LogP contribution in [-0.4, -0.2) is 25.0 Å². The van der Waals surface area contributed by atoms with E-state index in [4.69, 9.17) is 0 Å². The highest BCUT2D eigenvalue weighted by Gasteiger charge is 2.23. The molecule has 0 bridgehead atoms. The van der Waals surface area contributed by atoms with Crippen molar-refractivity contribution in [3.8, 4) is 0 Å². The summed E-state index contributed by atoms with van der Waals surface area (Å²) in [4.78, 5) is 12.1. The van der Waals surface area contributed by atoms with Crippen molar-refractivity contribution in [2.24, 2.45) is 5.92 Å². The standard InChI is InChI=1S/C14H19FN2O/c1-9-5-6-16-8-13(9)17-14(18)11-3-4-12(15)10(2)7-11/h3-4,7,9,13,16H,5-6,8H2,1-2H3,(H,17,18). The number of nitrogens with one attached hydrogen (secondary N) is 2. The number of amides is 1. The Morgan fingerprint density at radius 1 is 1.50 bits per heavy atom. The van der Waals surface area contributed by atoms with Crippen LogP contribution in [0.15, 0.2) is 18.2 Å². The summed E-state index contributed by atoms with van der Waals surface area (Å²) in [5.74, 6) is 0.0645. The molecule has 3 nitrogen and oxygen atoms in total. The molecule has 4 heteroatoms. The molecule has 0 aromatic heterocycles. The van der Waals surface area contributed by atoms with Gasteiger partial charge in [-0.05, 0) is 49.6 Å². The zero-order chi connectivity index (χ0) is 13.1. The topological polar surface area (TPSA) is 41.1 Å². The van der Waals surface area contributed by atoms with Gasteiger partial charge in [0, 0.05) is 18.2 Å². The molecule has 18 heavy (non-hydrogen) atoms. The van der Waals surface area contributed by atoms with Crippen molar-refractivity contribution in [3.63, 3.8) is 0 Å². The van der Waals surface area contributed by atoms with Gasteiger partial charge in [-0.3, -0.25) is 4.79 Å². The number of hydrogen-bond acceptors (Lipinski definition) is 2. The molecule has 0 spiro atoms. The van der Waals surface area contributed by atoms with Crippen molar-refractivity contribution < 1.29 is 9.18 Å². The van der Waals surface area contributed by atoms with Gasteiger partial charge in [0.15, 0.2) is 0 Å². The summed E-state index contributed by atoms with van der Waals surface area (Å²) in [7, 11) is 0. The van der Waals surface area contributed by atoms with Gasteiger partial charge in [0.1, 0.15) is 5.82 Å². The highest BCUT2D eigenvalue weighted by Crippen LogP contribution is 2.13. The van der Waals surface area contributed by atoms with E-state index >= 15 is 0 Å². The molecule has 2 atom stereocenters. The number of rotatable bonds is 2. The fraction of sp³-hybridized carbons (Fsp3) is 0.500. The van der Waals surface area contributed by atoms with Crippen LogP contribution in [0, 0.1) is 18.7 Å². The monoisotopic (exact) mass is 250 g/mol. The number of halogens is 1. The minimum Gasteiger partial charge on any atom is -0.348 e. The molecule has 0 aliphatic carbocycles. The van der Waals surface area contributed by atoms with E-state index in [9.17, 15) is 9.18 Å². The second-order valence-electron chi connectivity index (χ2n) is 5.01. The van der Waals surface area contributed by atoms with Gasteiger partial charge in [-0.25, -0.2) is 4.39 Å². The predicted octanol–water partition coefficient (Wildman–Crippen LogP) is 1.86. The van der Waals surface area contributed by atoms with Crippen molar-refractivity contribution >= 4 is 5.91 Å². The number of aryl methyl sites for hydroxylation is 1. The van der Waals surface area contributed by atoms with E-state index < -0.39 is 0 Å². The number of carbonyl (C=O) groups is 1. The fourth-order valence-corrected chi connectivity index (χ4v) is 2.22. The Hall–Kier alpha value is -1.42. The van der Waals surface area contributed by atoms with Gasteiger partial charge in [0.2, 0.25) is 0 Å². The van der Waals surface area contributed by atoms with Crippen LogP contribution in [0.5, 0.6) is 0 Å². The van der Waals surface area contributed by atoms with Crippen LogP contribution in [0.25, 0.3) is 0 Å². The van der Waals surface area contributed by atoms with E-state index in [2.05, 4.69) is 17.6 Å². The Balaban J connectivity index is 2.04. The summed E-state index contributed by atoms with van der Waals surface area (Å²) in [5.41, 5.74) is 1.02. The van der Waals surface area contributed by atoms with E-state index in [0.29, 0.717) is 17.0 Å². The molecule has 1 aromatic carbocycles. The normalized spacial score (nSPS) is 23.7. The molecule has 1 heterocycles. The highest BCUT2D eigenvalue weighted by molar-refractivity contribution is 5.94. The first-order chi connectivity index (χ1) is 8.58. The zero-order valence-corrected chi connectivity index (χ0v) is 10.8. The first-order valence-corrected chi connectivity index (χ1v) is 6.35. The lowest BCUT2D eigenvalue weighted by Gasteiger charge is -2.30. The van der Waals surface area contributed by atoms with Gasteiger partial charge < -0.3 is 10.6 Å². The molecule has 1 fully saturated rings.